The zero-order valence-electron chi connectivity index (χ0n) is 41.3. The maximum Gasteiger partial charge on any atom is 0.0775 e. The average Bonchev–Trinajstić information content (AvgIpc) is 3.88. The van der Waals surface area contributed by atoms with Crippen molar-refractivity contribution in [3.8, 4) is 22.3 Å². The summed E-state index contributed by atoms with van der Waals surface area (Å²) in [6, 6.07) is 87.4. The molecule has 13 rings (SSSR count). The fourth-order valence-electron chi connectivity index (χ4n) is 12.2. The molecule has 11 aromatic rings. The van der Waals surface area contributed by atoms with E-state index in [2.05, 4.69) is 280 Å². The van der Waals surface area contributed by atoms with E-state index < -0.39 is 21.6 Å². The molecule has 0 heterocycles. The second-order valence-electron chi connectivity index (χ2n) is 21.7. The average molecular weight is 945 g/mol. The molecule has 0 bridgehead atoms. The van der Waals surface area contributed by atoms with Crippen molar-refractivity contribution >= 4 is 93.0 Å². The van der Waals surface area contributed by atoms with Crippen LogP contribution in [0.3, 0.4) is 0 Å². The molecule has 2 nitrogen and oxygen atoms in total. The minimum Gasteiger partial charge on any atom is -0.310 e. The van der Waals surface area contributed by atoms with Crippen LogP contribution in [0.1, 0.15) is 22.3 Å². The lowest BCUT2D eigenvalue weighted by molar-refractivity contribution is 0.809. The summed E-state index contributed by atoms with van der Waals surface area (Å²) in [4.78, 5) is 4.86. The van der Waals surface area contributed by atoms with E-state index in [9.17, 15) is 0 Å². The van der Waals surface area contributed by atoms with E-state index in [4.69, 9.17) is 0 Å². The SMILES string of the molecule is C[Si](C)(C)c1ccc(N(c2ccccc2)c2ccc3c4c(ccc3c2)-c2c(c3ccc(N(c5ccccc5)c5ccc([Si](C)(C)C)cc5)cc3c3ccccc23)C42c3ccccc3-c3ccccc32)cc1. The summed E-state index contributed by atoms with van der Waals surface area (Å²) in [5.74, 6) is 0. The van der Waals surface area contributed by atoms with Gasteiger partial charge < -0.3 is 9.80 Å². The zero-order valence-corrected chi connectivity index (χ0v) is 43.3. The molecule has 2 aliphatic carbocycles. The maximum absolute atomic E-state index is 2.47. The van der Waals surface area contributed by atoms with Crippen LogP contribution in [0.2, 0.25) is 39.3 Å². The lowest BCUT2D eigenvalue weighted by atomic mass is 9.68. The summed E-state index contributed by atoms with van der Waals surface area (Å²) in [5, 5.41) is 10.5. The highest BCUT2D eigenvalue weighted by molar-refractivity contribution is 6.89. The van der Waals surface area contributed by atoms with E-state index >= 15 is 0 Å². The Morgan fingerprint density at radius 1 is 0.296 bits per heavy atom. The number of anilines is 6. The number of hydrogen-bond donors (Lipinski definition) is 0. The summed E-state index contributed by atoms with van der Waals surface area (Å²) in [6.45, 7) is 14.5. The van der Waals surface area contributed by atoms with Crippen molar-refractivity contribution in [1.82, 2.24) is 0 Å². The number of nitrogens with zero attached hydrogens (tertiary/aromatic N) is 2. The Labute approximate surface area is 420 Å². The van der Waals surface area contributed by atoms with Gasteiger partial charge in [-0.3, -0.25) is 0 Å². The van der Waals surface area contributed by atoms with Crippen LogP contribution in [0.25, 0.3) is 54.6 Å². The molecule has 0 aliphatic heterocycles. The van der Waals surface area contributed by atoms with Crippen LogP contribution in [0.5, 0.6) is 0 Å². The fraction of sp³-hybridized carbons (Fsp3) is 0.104. The minimum absolute atomic E-state index is 0.583. The second-order valence-corrected chi connectivity index (χ2v) is 31.9. The number of hydrogen-bond acceptors (Lipinski definition) is 2. The van der Waals surface area contributed by atoms with Crippen molar-refractivity contribution in [1.29, 1.82) is 0 Å². The Morgan fingerprint density at radius 2 is 0.732 bits per heavy atom. The fourth-order valence-corrected chi connectivity index (χ4v) is 14.6. The lowest BCUT2D eigenvalue weighted by Crippen LogP contribution is -2.37. The third kappa shape index (κ3) is 6.65. The molecule has 0 saturated heterocycles. The summed E-state index contributed by atoms with van der Waals surface area (Å²) in [6.07, 6.45) is 0. The molecule has 0 aromatic heterocycles. The quantitative estimate of drug-likeness (QED) is 0.111. The molecule has 71 heavy (non-hydrogen) atoms. The largest absolute Gasteiger partial charge is 0.310 e. The first kappa shape index (κ1) is 43.3. The molecule has 0 saturated carbocycles. The molecule has 2 aliphatic rings. The van der Waals surface area contributed by atoms with E-state index in [-0.39, 0.29) is 0 Å². The monoisotopic (exact) mass is 944 g/mol. The molecule has 0 amide bonds. The third-order valence-corrected chi connectivity index (χ3v) is 19.6. The van der Waals surface area contributed by atoms with Gasteiger partial charge in [0, 0.05) is 34.1 Å². The summed E-state index contributed by atoms with van der Waals surface area (Å²) < 4.78 is 0. The van der Waals surface area contributed by atoms with Gasteiger partial charge in [0.05, 0.1) is 21.6 Å². The van der Waals surface area contributed by atoms with E-state index in [1.54, 1.807) is 0 Å². The number of benzene rings is 11. The van der Waals surface area contributed by atoms with Gasteiger partial charge in [0.15, 0.2) is 0 Å². The van der Waals surface area contributed by atoms with Gasteiger partial charge in [0.1, 0.15) is 0 Å². The molecule has 1 spiro atoms. The van der Waals surface area contributed by atoms with Gasteiger partial charge >= 0.3 is 0 Å². The van der Waals surface area contributed by atoms with Gasteiger partial charge in [-0.1, -0.05) is 207 Å². The minimum atomic E-state index is -1.50. The van der Waals surface area contributed by atoms with Crippen molar-refractivity contribution in [3.05, 3.63) is 253 Å². The predicted octanol–water partition coefficient (Wildman–Crippen LogP) is 17.5. The molecular weight excluding hydrogens is 889 g/mol. The molecule has 4 heteroatoms. The van der Waals surface area contributed by atoms with Crippen molar-refractivity contribution in [3.63, 3.8) is 0 Å². The molecule has 0 radical (unpaired) electrons. The van der Waals surface area contributed by atoms with Crippen molar-refractivity contribution < 1.29 is 0 Å². The first-order chi connectivity index (χ1) is 34.5. The normalized spacial score (nSPS) is 13.3. The Balaban J connectivity index is 1.08. The Kier molecular flexibility index (Phi) is 9.84. The summed E-state index contributed by atoms with van der Waals surface area (Å²) in [5.41, 5.74) is 17.0. The molecule has 0 unspecified atom stereocenters. The highest BCUT2D eigenvalue weighted by Crippen LogP contribution is 2.67. The van der Waals surface area contributed by atoms with Crippen LogP contribution in [0, 0.1) is 0 Å². The molecule has 342 valence electrons. The van der Waals surface area contributed by atoms with Crippen LogP contribution < -0.4 is 20.2 Å². The maximum atomic E-state index is 2.47. The van der Waals surface area contributed by atoms with Crippen molar-refractivity contribution in [2.24, 2.45) is 0 Å². The molecular formula is C67H56N2Si2. The topological polar surface area (TPSA) is 6.48 Å². The first-order valence-corrected chi connectivity index (χ1v) is 32.2. The van der Waals surface area contributed by atoms with Crippen LogP contribution in [0.4, 0.5) is 34.1 Å². The molecule has 0 atom stereocenters. The Morgan fingerprint density at radius 3 is 1.27 bits per heavy atom. The van der Waals surface area contributed by atoms with Crippen LogP contribution in [-0.4, -0.2) is 16.1 Å². The number of rotatable bonds is 8. The summed E-state index contributed by atoms with van der Waals surface area (Å²) >= 11 is 0. The molecule has 0 N–H and O–H groups in total. The van der Waals surface area contributed by atoms with E-state index in [0.717, 1.165) is 34.1 Å². The van der Waals surface area contributed by atoms with Crippen LogP contribution in [0.15, 0.2) is 231 Å². The smallest absolute Gasteiger partial charge is 0.0775 e. The van der Waals surface area contributed by atoms with E-state index in [1.807, 2.05) is 0 Å². The van der Waals surface area contributed by atoms with E-state index in [0.29, 0.717) is 0 Å². The first-order valence-electron chi connectivity index (χ1n) is 25.2. The molecule has 0 fully saturated rings. The van der Waals surface area contributed by atoms with Gasteiger partial charge in [-0.05, 0) is 150 Å². The van der Waals surface area contributed by atoms with Gasteiger partial charge in [-0.25, -0.2) is 0 Å². The highest BCUT2D eigenvalue weighted by atomic mass is 28.3. The Bertz CT molecular complexity index is 3840. The Hall–Kier alpha value is -7.77. The zero-order chi connectivity index (χ0) is 48.2. The van der Waals surface area contributed by atoms with Gasteiger partial charge in [-0.15, -0.1) is 0 Å². The van der Waals surface area contributed by atoms with Crippen LogP contribution in [-0.2, 0) is 5.41 Å². The number of fused-ring (bicyclic) bond motifs is 17. The molecule has 11 aromatic carbocycles. The summed E-state index contributed by atoms with van der Waals surface area (Å²) in [7, 11) is -2.99. The standard InChI is InChI=1S/C67H56N2Si2/c1-70(2,3)52-36-30-48(31-37-52)68(46-19-9-7-10-20-46)50-34-41-54-45(43-50)29-40-60-64-58-26-14-13-23-55(58)61-44-51(69(47-21-11-8-12-22-47)49-32-38-53(39-33-49)71(4,5)6)35-42-59(61)66(64)67(65(54)60)62-27-17-15-24-56(62)57-25-16-18-28-63(57)67/h7-44H,1-6H3. The predicted molar refractivity (Wildman–Crippen MR) is 311 cm³/mol. The van der Waals surface area contributed by atoms with E-state index in [1.165, 1.54) is 87.2 Å². The third-order valence-electron chi connectivity index (χ3n) is 15.5. The number of para-hydroxylation sites is 2. The second kappa shape index (κ2) is 16.1. The highest BCUT2D eigenvalue weighted by Gasteiger charge is 2.54. The lowest BCUT2D eigenvalue weighted by Gasteiger charge is -2.33. The van der Waals surface area contributed by atoms with Crippen molar-refractivity contribution in [2.75, 3.05) is 9.80 Å². The van der Waals surface area contributed by atoms with Gasteiger partial charge in [0.2, 0.25) is 0 Å². The van der Waals surface area contributed by atoms with Gasteiger partial charge in [-0.2, -0.15) is 0 Å². The van der Waals surface area contributed by atoms with Crippen LogP contribution >= 0.6 is 0 Å². The van der Waals surface area contributed by atoms with Crippen molar-refractivity contribution in [2.45, 2.75) is 44.7 Å². The van der Waals surface area contributed by atoms with Gasteiger partial charge in [0.25, 0.3) is 0 Å².